The Morgan fingerprint density at radius 1 is 1.44 bits per heavy atom. The summed E-state index contributed by atoms with van der Waals surface area (Å²) in [4.78, 5) is 23.9. The van der Waals surface area contributed by atoms with Gasteiger partial charge in [0.05, 0.1) is 0 Å². The van der Waals surface area contributed by atoms with E-state index in [2.05, 4.69) is 0 Å². The minimum Gasteiger partial charge on any atom is -0.508 e. The van der Waals surface area contributed by atoms with Gasteiger partial charge in [-0.05, 0) is 18.6 Å². The maximum absolute atomic E-state index is 11.7. The second kappa shape index (κ2) is 3.84. The number of phenols is 1. The molecule has 2 rings (SSSR count). The number of carboxylic acids is 1. The van der Waals surface area contributed by atoms with Crippen molar-refractivity contribution in [1.29, 1.82) is 0 Å². The van der Waals surface area contributed by atoms with E-state index in [1.165, 1.54) is 17.0 Å². The number of aliphatic carboxylic acids is 1. The van der Waals surface area contributed by atoms with E-state index in [1.54, 1.807) is 12.1 Å². The van der Waals surface area contributed by atoms with Gasteiger partial charge in [0.15, 0.2) is 0 Å². The number of anilines is 1. The van der Waals surface area contributed by atoms with Crippen LogP contribution in [-0.2, 0) is 9.59 Å². The van der Waals surface area contributed by atoms with Gasteiger partial charge in [-0.1, -0.05) is 6.07 Å². The van der Waals surface area contributed by atoms with Gasteiger partial charge in [-0.15, -0.1) is 0 Å². The van der Waals surface area contributed by atoms with Crippen LogP contribution >= 0.6 is 0 Å². The number of hydrogen-bond acceptors (Lipinski definition) is 3. The van der Waals surface area contributed by atoms with Gasteiger partial charge in [0.2, 0.25) is 5.91 Å². The lowest BCUT2D eigenvalue weighted by Gasteiger charge is -2.16. The van der Waals surface area contributed by atoms with E-state index in [-0.39, 0.29) is 5.75 Å². The number of aromatic hydroxyl groups is 1. The number of carboxylic acid groups (broad SMARTS) is 1. The summed E-state index contributed by atoms with van der Waals surface area (Å²) in [5, 5.41) is 18.1. The molecule has 5 nitrogen and oxygen atoms in total. The zero-order chi connectivity index (χ0) is 11.7. The van der Waals surface area contributed by atoms with Crippen molar-refractivity contribution in [1.82, 2.24) is 0 Å². The fourth-order valence-corrected chi connectivity index (χ4v) is 1.83. The average molecular weight is 221 g/mol. The summed E-state index contributed by atoms with van der Waals surface area (Å²) in [5.74, 6) is -2.41. The normalized spacial score (nSPS) is 20.1. The molecule has 16 heavy (non-hydrogen) atoms. The molecule has 84 valence electrons. The summed E-state index contributed by atoms with van der Waals surface area (Å²) in [5.41, 5.74) is 0.536. The minimum atomic E-state index is -1.09. The molecule has 1 fully saturated rings. The van der Waals surface area contributed by atoms with Crippen LogP contribution in [0.5, 0.6) is 5.75 Å². The van der Waals surface area contributed by atoms with Crippen molar-refractivity contribution in [3.05, 3.63) is 24.3 Å². The lowest BCUT2D eigenvalue weighted by Crippen LogP contribution is -2.29. The zero-order valence-corrected chi connectivity index (χ0v) is 8.46. The number of nitrogens with zero attached hydrogens (tertiary/aromatic N) is 1. The van der Waals surface area contributed by atoms with E-state index in [0.29, 0.717) is 18.7 Å². The van der Waals surface area contributed by atoms with Gasteiger partial charge < -0.3 is 15.1 Å². The molecule has 1 amide bonds. The maximum atomic E-state index is 11.7. The van der Waals surface area contributed by atoms with Crippen LogP contribution in [0.1, 0.15) is 6.42 Å². The van der Waals surface area contributed by atoms with Crippen molar-refractivity contribution in [2.24, 2.45) is 5.92 Å². The lowest BCUT2D eigenvalue weighted by atomic mass is 10.1. The lowest BCUT2D eigenvalue weighted by molar-refractivity contribution is -0.144. The van der Waals surface area contributed by atoms with Crippen LogP contribution in [0.15, 0.2) is 24.3 Å². The van der Waals surface area contributed by atoms with Crippen LogP contribution in [0.2, 0.25) is 0 Å². The predicted molar refractivity (Wildman–Crippen MR) is 56.2 cm³/mol. The molecule has 0 spiro atoms. The van der Waals surface area contributed by atoms with Crippen molar-refractivity contribution in [3.63, 3.8) is 0 Å². The number of hydrogen-bond donors (Lipinski definition) is 2. The topological polar surface area (TPSA) is 77.8 Å². The molecular weight excluding hydrogens is 210 g/mol. The van der Waals surface area contributed by atoms with Crippen LogP contribution in [0.4, 0.5) is 5.69 Å². The van der Waals surface area contributed by atoms with Gasteiger partial charge in [0.1, 0.15) is 11.7 Å². The number of amides is 1. The summed E-state index contributed by atoms with van der Waals surface area (Å²) >= 11 is 0. The first-order valence-electron chi connectivity index (χ1n) is 4.93. The Balaban J connectivity index is 2.25. The van der Waals surface area contributed by atoms with E-state index in [4.69, 9.17) is 5.11 Å². The molecule has 1 unspecified atom stereocenters. The van der Waals surface area contributed by atoms with E-state index >= 15 is 0 Å². The number of carbonyl (C=O) groups excluding carboxylic acids is 1. The van der Waals surface area contributed by atoms with E-state index in [0.717, 1.165) is 0 Å². The average Bonchev–Trinajstić information content (AvgIpc) is 2.60. The molecule has 0 bridgehead atoms. The van der Waals surface area contributed by atoms with Crippen molar-refractivity contribution in [2.75, 3.05) is 11.4 Å². The van der Waals surface area contributed by atoms with Crippen molar-refractivity contribution >= 4 is 17.6 Å². The van der Waals surface area contributed by atoms with Crippen molar-refractivity contribution in [3.8, 4) is 5.75 Å². The highest BCUT2D eigenvalue weighted by molar-refractivity contribution is 6.07. The van der Waals surface area contributed by atoms with Crippen LogP contribution in [0.3, 0.4) is 0 Å². The first-order valence-corrected chi connectivity index (χ1v) is 4.93. The highest BCUT2D eigenvalue weighted by Gasteiger charge is 2.37. The molecule has 1 aliphatic heterocycles. The van der Waals surface area contributed by atoms with Crippen LogP contribution in [0.25, 0.3) is 0 Å². The third kappa shape index (κ3) is 1.71. The smallest absolute Gasteiger partial charge is 0.316 e. The quantitative estimate of drug-likeness (QED) is 0.725. The first-order chi connectivity index (χ1) is 7.59. The molecule has 0 radical (unpaired) electrons. The monoisotopic (exact) mass is 221 g/mol. The predicted octanol–water partition coefficient (Wildman–Crippen LogP) is 0.830. The molecule has 2 N–H and O–H groups in total. The van der Waals surface area contributed by atoms with Gasteiger partial charge in [-0.3, -0.25) is 9.59 Å². The SMILES string of the molecule is O=C(O)C1CCN(c2cccc(O)c2)C1=O. The highest BCUT2D eigenvalue weighted by Crippen LogP contribution is 2.27. The van der Waals surface area contributed by atoms with Crippen LogP contribution in [-0.4, -0.2) is 28.6 Å². The number of phenolic OH excluding ortho intramolecular Hbond substituents is 1. The summed E-state index contributed by atoms with van der Waals surface area (Å²) in [6, 6.07) is 6.23. The Kier molecular flexibility index (Phi) is 2.52. The van der Waals surface area contributed by atoms with Gasteiger partial charge in [0.25, 0.3) is 0 Å². The van der Waals surface area contributed by atoms with Crippen LogP contribution < -0.4 is 4.90 Å². The Bertz CT molecular complexity index is 443. The fraction of sp³-hybridized carbons (Fsp3) is 0.273. The molecule has 0 aliphatic carbocycles. The molecule has 0 saturated carbocycles. The van der Waals surface area contributed by atoms with Crippen molar-refractivity contribution in [2.45, 2.75) is 6.42 Å². The molecule has 1 aliphatic rings. The van der Waals surface area contributed by atoms with E-state index < -0.39 is 17.8 Å². The van der Waals surface area contributed by atoms with Gasteiger partial charge in [0, 0.05) is 18.3 Å². The zero-order valence-electron chi connectivity index (χ0n) is 8.46. The minimum absolute atomic E-state index is 0.0593. The first kappa shape index (κ1) is 10.5. The summed E-state index contributed by atoms with van der Waals surface area (Å²) in [6.07, 6.45) is 0.309. The third-order valence-corrected chi connectivity index (χ3v) is 2.65. The molecule has 0 aromatic heterocycles. The highest BCUT2D eigenvalue weighted by atomic mass is 16.4. The molecule has 1 aromatic carbocycles. The number of benzene rings is 1. The molecule has 1 aromatic rings. The molecular formula is C11H11NO4. The third-order valence-electron chi connectivity index (χ3n) is 2.65. The Labute approximate surface area is 91.9 Å². The Morgan fingerprint density at radius 2 is 2.19 bits per heavy atom. The molecule has 5 heteroatoms. The van der Waals surface area contributed by atoms with Gasteiger partial charge in [-0.2, -0.15) is 0 Å². The van der Waals surface area contributed by atoms with E-state index in [1.807, 2.05) is 0 Å². The van der Waals surface area contributed by atoms with Gasteiger partial charge in [-0.25, -0.2) is 0 Å². The summed E-state index contributed by atoms with van der Waals surface area (Å²) in [6.45, 7) is 0.374. The standard InChI is InChI=1S/C11H11NO4/c13-8-3-1-2-7(6-8)12-5-4-9(10(12)14)11(15)16/h1-3,6,9,13H,4-5H2,(H,15,16). The maximum Gasteiger partial charge on any atom is 0.316 e. The largest absolute Gasteiger partial charge is 0.508 e. The second-order valence-corrected chi connectivity index (χ2v) is 3.69. The Morgan fingerprint density at radius 3 is 2.75 bits per heavy atom. The second-order valence-electron chi connectivity index (χ2n) is 3.69. The molecule has 1 heterocycles. The summed E-state index contributed by atoms with van der Waals surface area (Å²) in [7, 11) is 0. The Hall–Kier alpha value is -2.04. The molecule has 1 atom stereocenters. The summed E-state index contributed by atoms with van der Waals surface area (Å²) < 4.78 is 0. The van der Waals surface area contributed by atoms with E-state index in [9.17, 15) is 14.7 Å². The van der Waals surface area contributed by atoms with Gasteiger partial charge >= 0.3 is 5.97 Å². The number of rotatable bonds is 2. The van der Waals surface area contributed by atoms with Crippen LogP contribution in [0, 0.1) is 5.92 Å². The van der Waals surface area contributed by atoms with Crippen molar-refractivity contribution < 1.29 is 19.8 Å². The fourth-order valence-electron chi connectivity index (χ4n) is 1.83. The number of carbonyl (C=O) groups is 2. The molecule has 1 saturated heterocycles.